The van der Waals surface area contributed by atoms with Gasteiger partial charge in [0.15, 0.2) is 0 Å². The summed E-state index contributed by atoms with van der Waals surface area (Å²) >= 11 is 0. The zero-order chi connectivity index (χ0) is 13.0. The molecule has 0 atom stereocenters. The zero-order valence-corrected chi connectivity index (χ0v) is 10.4. The molecule has 0 aliphatic heterocycles. The maximum absolute atomic E-state index is 11.1. The smallest absolute Gasteiger partial charge is 0.252 e. The van der Waals surface area contributed by atoms with Crippen LogP contribution < -0.4 is 16.4 Å². The molecule has 2 rings (SSSR count). The van der Waals surface area contributed by atoms with Gasteiger partial charge in [-0.05, 0) is 36.6 Å². The van der Waals surface area contributed by atoms with Gasteiger partial charge in [0.25, 0.3) is 5.56 Å². The maximum Gasteiger partial charge on any atom is 0.252 e. The predicted octanol–water partition coefficient (Wildman–Crippen LogP) is 2.08. The SMILES string of the molecule is CCc1cc(NNc2nccc(=O)[nH]2)ccc1C. The lowest BCUT2D eigenvalue weighted by atomic mass is 10.1. The molecule has 0 fully saturated rings. The lowest BCUT2D eigenvalue weighted by Crippen LogP contribution is -2.15. The first-order valence-electron chi connectivity index (χ1n) is 5.86. The Bertz CT molecular complexity index is 592. The van der Waals surface area contributed by atoms with E-state index >= 15 is 0 Å². The topological polar surface area (TPSA) is 69.8 Å². The summed E-state index contributed by atoms with van der Waals surface area (Å²) in [5, 5.41) is 0. The number of aromatic amines is 1. The van der Waals surface area contributed by atoms with Crippen molar-refractivity contribution in [1.82, 2.24) is 9.97 Å². The minimum Gasteiger partial charge on any atom is -0.298 e. The highest BCUT2D eigenvalue weighted by atomic mass is 16.1. The van der Waals surface area contributed by atoms with Gasteiger partial charge in [-0.3, -0.25) is 20.6 Å². The Kier molecular flexibility index (Phi) is 3.62. The fourth-order valence-corrected chi connectivity index (χ4v) is 1.70. The third kappa shape index (κ3) is 2.88. The molecule has 0 spiro atoms. The molecule has 0 amide bonds. The summed E-state index contributed by atoms with van der Waals surface area (Å²) in [5.74, 6) is 0.390. The monoisotopic (exact) mass is 244 g/mol. The fourth-order valence-electron chi connectivity index (χ4n) is 1.70. The van der Waals surface area contributed by atoms with Gasteiger partial charge in [0.05, 0.1) is 5.69 Å². The molecule has 18 heavy (non-hydrogen) atoms. The number of H-pyrrole nitrogens is 1. The largest absolute Gasteiger partial charge is 0.298 e. The quantitative estimate of drug-likeness (QED) is 0.720. The van der Waals surface area contributed by atoms with E-state index in [4.69, 9.17) is 0 Å². The molecule has 5 heteroatoms. The van der Waals surface area contributed by atoms with Gasteiger partial charge in [0.2, 0.25) is 5.95 Å². The van der Waals surface area contributed by atoms with E-state index in [0.29, 0.717) is 5.95 Å². The van der Waals surface area contributed by atoms with Crippen molar-refractivity contribution in [1.29, 1.82) is 0 Å². The molecule has 0 saturated carbocycles. The van der Waals surface area contributed by atoms with Crippen molar-refractivity contribution in [3.63, 3.8) is 0 Å². The summed E-state index contributed by atoms with van der Waals surface area (Å²) in [6.45, 7) is 4.21. The van der Waals surface area contributed by atoms with Gasteiger partial charge in [-0.1, -0.05) is 13.0 Å². The lowest BCUT2D eigenvalue weighted by molar-refractivity contribution is 1.09. The van der Waals surface area contributed by atoms with Crippen molar-refractivity contribution >= 4 is 11.6 Å². The van der Waals surface area contributed by atoms with Gasteiger partial charge in [0, 0.05) is 12.3 Å². The van der Waals surface area contributed by atoms with E-state index in [-0.39, 0.29) is 5.56 Å². The average Bonchev–Trinajstić information content (AvgIpc) is 2.38. The Morgan fingerprint density at radius 1 is 1.28 bits per heavy atom. The number of aryl methyl sites for hydroxylation is 2. The summed E-state index contributed by atoms with van der Waals surface area (Å²) in [6, 6.07) is 7.47. The molecule has 0 aliphatic carbocycles. The number of hydrazine groups is 1. The van der Waals surface area contributed by atoms with Crippen molar-refractivity contribution in [2.24, 2.45) is 0 Å². The van der Waals surface area contributed by atoms with Crippen LogP contribution in [0.15, 0.2) is 35.3 Å². The second kappa shape index (κ2) is 5.35. The first kappa shape index (κ1) is 12.2. The van der Waals surface area contributed by atoms with Crippen LogP contribution in [-0.2, 0) is 6.42 Å². The maximum atomic E-state index is 11.1. The molecular weight excluding hydrogens is 228 g/mol. The Labute approximate surface area is 105 Å². The number of benzene rings is 1. The van der Waals surface area contributed by atoms with E-state index in [9.17, 15) is 4.79 Å². The standard InChI is InChI=1S/C13H16N4O/c1-3-10-8-11(5-4-9(10)2)16-17-13-14-7-6-12(18)15-13/h4-8,16H,3H2,1-2H3,(H2,14,15,17,18). The highest BCUT2D eigenvalue weighted by Gasteiger charge is 1.99. The number of hydrogen-bond donors (Lipinski definition) is 3. The second-order valence-electron chi connectivity index (χ2n) is 4.03. The zero-order valence-electron chi connectivity index (χ0n) is 10.4. The van der Waals surface area contributed by atoms with Gasteiger partial charge >= 0.3 is 0 Å². The van der Waals surface area contributed by atoms with Crippen molar-refractivity contribution in [2.75, 3.05) is 10.9 Å². The number of hydrogen-bond acceptors (Lipinski definition) is 4. The summed E-state index contributed by atoms with van der Waals surface area (Å²) in [4.78, 5) is 17.6. The lowest BCUT2D eigenvalue weighted by Gasteiger charge is -2.10. The van der Waals surface area contributed by atoms with Crippen LogP contribution in [0.3, 0.4) is 0 Å². The van der Waals surface area contributed by atoms with Gasteiger partial charge < -0.3 is 0 Å². The van der Waals surface area contributed by atoms with Gasteiger partial charge in [-0.15, -0.1) is 0 Å². The molecule has 94 valence electrons. The molecule has 0 radical (unpaired) electrons. The van der Waals surface area contributed by atoms with E-state index in [1.807, 2.05) is 6.07 Å². The molecule has 5 nitrogen and oxygen atoms in total. The highest BCUT2D eigenvalue weighted by Crippen LogP contribution is 2.15. The summed E-state index contributed by atoms with van der Waals surface area (Å²) < 4.78 is 0. The van der Waals surface area contributed by atoms with E-state index < -0.39 is 0 Å². The third-order valence-corrected chi connectivity index (χ3v) is 2.73. The van der Waals surface area contributed by atoms with Gasteiger partial charge in [-0.2, -0.15) is 0 Å². The van der Waals surface area contributed by atoms with Crippen LogP contribution in [0, 0.1) is 6.92 Å². The molecule has 0 bridgehead atoms. The van der Waals surface area contributed by atoms with Crippen molar-refractivity contribution in [2.45, 2.75) is 20.3 Å². The van der Waals surface area contributed by atoms with Crippen LogP contribution in [-0.4, -0.2) is 9.97 Å². The number of anilines is 2. The predicted molar refractivity (Wildman–Crippen MR) is 72.7 cm³/mol. The Morgan fingerprint density at radius 3 is 2.83 bits per heavy atom. The van der Waals surface area contributed by atoms with Gasteiger partial charge in [-0.25, -0.2) is 4.98 Å². The molecule has 3 N–H and O–H groups in total. The summed E-state index contributed by atoms with van der Waals surface area (Å²) in [6.07, 6.45) is 2.44. The summed E-state index contributed by atoms with van der Waals surface area (Å²) in [5.41, 5.74) is 9.17. The van der Waals surface area contributed by atoms with Gasteiger partial charge in [0.1, 0.15) is 0 Å². The molecule has 1 aromatic heterocycles. The first-order chi connectivity index (χ1) is 8.69. The Hall–Kier alpha value is -2.30. The minimum atomic E-state index is -0.188. The summed E-state index contributed by atoms with van der Waals surface area (Å²) in [7, 11) is 0. The number of aromatic nitrogens is 2. The van der Waals surface area contributed by atoms with Crippen molar-refractivity contribution < 1.29 is 0 Å². The average molecular weight is 244 g/mol. The Balaban J connectivity index is 2.08. The second-order valence-corrected chi connectivity index (χ2v) is 4.03. The van der Waals surface area contributed by atoms with E-state index in [1.165, 1.54) is 23.4 Å². The normalized spacial score (nSPS) is 10.1. The number of nitrogens with zero attached hydrogens (tertiary/aromatic N) is 1. The van der Waals surface area contributed by atoms with Crippen LogP contribution in [0.5, 0.6) is 0 Å². The fraction of sp³-hybridized carbons (Fsp3) is 0.231. The molecular formula is C13H16N4O. The number of nitrogens with one attached hydrogen (secondary N) is 3. The molecule has 1 heterocycles. The van der Waals surface area contributed by atoms with Crippen LogP contribution >= 0.6 is 0 Å². The van der Waals surface area contributed by atoms with E-state index in [1.54, 1.807) is 0 Å². The molecule has 0 saturated heterocycles. The van der Waals surface area contributed by atoms with Crippen molar-refractivity contribution in [3.05, 3.63) is 51.9 Å². The van der Waals surface area contributed by atoms with Crippen molar-refractivity contribution in [3.8, 4) is 0 Å². The molecule has 1 aromatic carbocycles. The third-order valence-electron chi connectivity index (χ3n) is 2.73. The van der Waals surface area contributed by atoms with E-state index in [2.05, 4.69) is 46.8 Å². The highest BCUT2D eigenvalue weighted by molar-refractivity contribution is 5.51. The van der Waals surface area contributed by atoms with E-state index in [0.717, 1.165) is 12.1 Å². The molecule has 2 aromatic rings. The van der Waals surface area contributed by atoms with Crippen LogP contribution in [0.1, 0.15) is 18.1 Å². The van der Waals surface area contributed by atoms with Crippen LogP contribution in [0.2, 0.25) is 0 Å². The Morgan fingerprint density at radius 2 is 2.11 bits per heavy atom. The minimum absolute atomic E-state index is 0.188. The first-order valence-corrected chi connectivity index (χ1v) is 5.86. The van der Waals surface area contributed by atoms with Crippen LogP contribution in [0.4, 0.5) is 11.6 Å². The molecule has 0 aliphatic rings. The van der Waals surface area contributed by atoms with Crippen LogP contribution in [0.25, 0.3) is 0 Å². The molecule has 0 unspecified atom stereocenters. The number of rotatable bonds is 4.